The lowest BCUT2D eigenvalue weighted by atomic mass is 10.1. The van der Waals surface area contributed by atoms with E-state index in [9.17, 15) is 4.79 Å². The number of anilines is 1. The van der Waals surface area contributed by atoms with E-state index in [1.54, 1.807) is 4.90 Å². The third-order valence-electron chi connectivity index (χ3n) is 3.28. The van der Waals surface area contributed by atoms with Crippen LogP contribution in [0, 0.1) is 5.92 Å². The molecule has 1 fully saturated rings. The van der Waals surface area contributed by atoms with Gasteiger partial charge in [0.1, 0.15) is 0 Å². The molecule has 0 saturated heterocycles. The summed E-state index contributed by atoms with van der Waals surface area (Å²) < 4.78 is 0. The lowest BCUT2D eigenvalue weighted by molar-refractivity contribution is 0.0741. The van der Waals surface area contributed by atoms with Gasteiger partial charge in [-0.05, 0) is 25.7 Å². The summed E-state index contributed by atoms with van der Waals surface area (Å²) in [7, 11) is 0. The van der Waals surface area contributed by atoms with Crippen LogP contribution in [0.4, 0.5) is 5.69 Å². The van der Waals surface area contributed by atoms with Crippen molar-refractivity contribution in [2.24, 2.45) is 5.92 Å². The van der Waals surface area contributed by atoms with E-state index in [2.05, 4.69) is 24.0 Å². The van der Waals surface area contributed by atoms with Crippen molar-refractivity contribution >= 4 is 11.6 Å². The minimum Gasteiger partial charge on any atom is -0.395 e. The first-order valence-corrected chi connectivity index (χ1v) is 6.67. The van der Waals surface area contributed by atoms with Crippen molar-refractivity contribution in [3.05, 3.63) is 11.4 Å². The Kier molecular flexibility index (Phi) is 3.59. The van der Waals surface area contributed by atoms with Gasteiger partial charge >= 0.3 is 0 Å². The molecule has 5 heteroatoms. The third-order valence-corrected chi connectivity index (χ3v) is 3.28. The quantitative estimate of drug-likeness (QED) is 0.839. The Morgan fingerprint density at radius 3 is 2.72 bits per heavy atom. The molecule has 1 saturated carbocycles. The molecule has 0 bridgehead atoms. The highest BCUT2D eigenvalue weighted by molar-refractivity contribution is 5.97. The average Bonchev–Trinajstić information content (AvgIpc) is 3.09. The molecule has 1 heterocycles. The van der Waals surface area contributed by atoms with E-state index in [0.29, 0.717) is 29.8 Å². The van der Waals surface area contributed by atoms with Crippen LogP contribution in [0.5, 0.6) is 0 Å². The van der Waals surface area contributed by atoms with Gasteiger partial charge in [0, 0.05) is 19.0 Å². The second-order valence-electron chi connectivity index (χ2n) is 5.41. The van der Waals surface area contributed by atoms with Crippen LogP contribution in [0.1, 0.15) is 55.7 Å². The first-order valence-electron chi connectivity index (χ1n) is 6.67. The molecular weight excluding hydrogens is 228 g/mol. The Bertz CT molecular complexity index is 434. The molecule has 0 spiro atoms. The molecule has 0 aromatic carbocycles. The van der Waals surface area contributed by atoms with Crippen molar-refractivity contribution in [1.82, 2.24) is 15.1 Å². The number of amides is 1. The van der Waals surface area contributed by atoms with Crippen LogP contribution >= 0.6 is 0 Å². The highest BCUT2D eigenvalue weighted by Crippen LogP contribution is 2.42. The van der Waals surface area contributed by atoms with E-state index in [-0.39, 0.29) is 5.91 Å². The topological polar surface area (TPSA) is 75.0 Å². The highest BCUT2D eigenvalue weighted by Gasteiger charge is 2.31. The minimum atomic E-state index is -0.0631. The number of nitrogens with zero attached hydrogens (tertiary/aromatic N) is 2. The molecular formula is C13H22N4O. The van der Waals surface area contributed by atoms with Crippen LogP contribution in [0.2, 0.25) is 0 Å². The van der Waals surface area contributed by atoms with E-state index >= 15 is 0 Å². The molecule has 5 nitrogen and oxygen atoms in total. The summed E-state index contributed by atoms with van der Waals surface area (Å²) in [6.45, 7) is 7.59. The highest BCUT2D eigenvalue weighted by atomic mass is 16.2. The maximum atomic E-state index is 12.4. The van der Waals surface area contributed by atoms with Gasteiger partial charge in [-0.1, -0.05) is 13.8 Å². The molecule has 1 aromatic heterocycles. The van der Waals surface area contributed by atoms with Crippen molar-refractivity contribution in [3.63, 3.8) is 0 Å². The molecule has 0 unspecified atom stereocenters. The maximum absolute atomic E-state index is 12.4. The zero-order chi connectivity index (χ0) is 13.3. The van der Waals surface area contributed by atoms with Gasteiger partial charge in [0.05, 0.1) is 11.4 Å². The Labute approximate surface area is 108 Å². The van der Waals surface area contributed by atoms with Crippen LogP contribution in [-0.2, 0) is 0 Å². The van der Waals surface area contributed by atoms with E-state index < -0.39 is 0 Å². The van der Waals surface area contributed by atoms with Gasteiger partial charge in [0.25, 0.3) is 5.91 Å². The van der Waals surface area contributed by atoms with E-state index in [0.717, 1.165) is 25.1 Å². The molecule has 1 aliphatic carbocycles. The summed E-state index contributed by atoms with van der Waals surface area (Å²) in [5.74, 6) is 0.864. The van der Waals surface area contributed by atoms with E-state index in [1.807, 2.05) is 6.92 Å². The molecule has 0 atom stereocenters. The Balaban J connectivity index is 2.16. The monoisotopic (exact) mass is 250 g/mol. The van der Waals surface area contributed by atoms with Gasteiger partial charge in [-0.15, -0.1) is 0 Å². The minimum absolute atomic E-state index is 0.0631. The summed E-state index contributed by atoms with van der Waals surface area (Å²) in [5.41, 5.74) is 7.91. The molecule has 3 N–H and O–H groups in total. The zero-order valence-corrected chi connectivity index (χ0v) is 11.4. The van der Waals surface area contributed by atoms with Crippen molar-refractivity contribution < 1.29 is 4.79 Å². The summed E-state index contributed by atoms with van der Waals surface area (Å²) in [4.78, 5) is 14.2. The number of carbonyl (C=O) groups is 1. The number of hydrogen-bond acceptors (Lipinski definition) is 3. The van der Waals surface area contributed by atoms with Crippen LogP contribution in [0.3, 0.4) is 0 Å². The van der Waals surface area contributed by atoms with Crippen molar-refractivity contribution in [2.75, 3.05) is 18.8 Å². The average molecular weight is 250 g/mol. The smallest absolute Gasteiger partial charge is 0.276 e. The first kappa shape index (κ1) is 12.9. The fraction of sp³-hybridized carbons (Fsp3) is 0.692. The number of rotatable bonds is 5. The number of aromatic amines is 1. The van der Waals surface area contributed by atoms with Crippen molar-refractivity contribution in [2.45, 2.75) is 39.5 Å². The number of hydrogen-bond donors (Lipinski definition) is 2. The fourth-order valence-electron chi connectivity index (χ4n) is 2.16. The van der Waals surface area contributed by atoms with Gasteiger partial charge in [0.15, 0.2) is 5.69 Å². The second kappa shape index (κ2) is 5.00. The molecule has 100 valence electrons. The van der Waals surface area contributed by atoms with Crippen LogP contribution in [0.25, 0.3) is 0 Å². The van der Waals surface area contributed by atoms with Gasteiger partial charge in [-0.3, -0.25) is 9.89 Å². The van der Waals surface area contributed by atoms with Gasteiger partial charge in [0.2, 0.25) is 0 Å². The summed E-state index contributed by atoms with van der Waals surface area (Å²) >= 11 is 0. The lowest BCUT2D eigenvalue weighted by Gasteiger charge is -2.22. The summed E-state index contributed by atoms with van der Waals surface area (Å²) in [5, 5.41) is 7.04. The normalized spacial score (nSPS) is 15.1. The molecule has 0 radical (unpaired) electrons. The Morgan fingerprint density at radius 1 is 1.56 bits per heavy atom. The zero-order valence-electron chi connectivity index (χ0n) is 11.4. The van der Waals surface area contributed by atoms with Gasteiger partial charge < -0.3 is 10.6 Å². The number of nitrogens with one attached hydrogen (secondary N) is 1. The van der Waals surface area contributed by atoms with Crippen molar-refractivity contribution in [3.8, 4) is 0 Å². The molecule has 18 heavy (non-hydrogen) atoms. The van der Waals surface area contributed by atoms with Gasteiger partial charge in [-0.25, -0.2) is 0 Å². The van der Waals surface area contributed by atoms with Crippen LogP contribution in [0.15, 0.2) is 0 Å². The molecule has 1 aromatic rings. The molecule has 1 aliphatic rings. The molecule has 1 amide bonds. The van der Waals surface area contributed by atoms with Crippen LogP contribution in [-0.4, -0.2) is 34.1 Å². The number of nitrogen functional groups attached to an aromatic ring is 1. The van der Waals surface area contributed by atoms with Crippen LogP contribution < -0.4 is 5.73 Å². The van der Waals surface area contributed by atoms with Crippen molar-refractivity contribution in [1.29, 1.82) is 0 Å². The standard InChI is InChI=1S/C13H22N4O/c1-4-17(7-8(2)3)13(18)12-10(14)11(15-16-12)9-5-6-9/h8-9H,4-7,14H2,1-3H3,(H,15,16). The number of aromatic nitrogens is 2. The predicted octanol–water partition coefficient (Wildman–Crippen LogP) is 1.99. The third kappa shape index (κ3) is 2.49. The summed E-state index contributed by atoms with van der Waals surface area (Å²) in [6, 6.07) is 0. The maximum Gasteiger partial charge on any atom is 0.276 e. The SMILES string of the molecule is CCN(CC(C)C)C(=O)c1n[nH]c(C2CC2)c1N. The Morgan fingerprint density at radius 2 is 2.22 bits per heavy atom. The second-order valence-corrected chi connectivity index (χ2v) is 5.41. The summed E-state index contributed by atoms with van der Waals surface area (Å²) in [6.07, 6.45) is 2.28. The molecule has 0 aliphatic heterocycles. The Hall–Kier alpha value is -1.52. The number of nitrogens with two attached hydrogens (primary N) is 1. The predicted molar refractivity (Wildman–Crippen MR) is 71.4 cm³/mol. The van der Waals surface area contributed by atoms with E-state index in [4.69, 9.17) is 5.73 Å². The lowest BCUT2D eigenvalue weighted by Crippen LogP contribution is -2.34. The molecule has 2 rings (SSSR count). The first-order chi connectivity index (χ1) is 8.54. The largest absolute Gasteiger partial charge is 0.395 e. The fourth-order valence-corrected chi connectivity index (χ4v) is 2.16. The number of carbonyl (C=O) groups excluding carboxylic acids is 1. The van der Waals surface area contributed by atoms with Gasteiger partial charge in [-0.2, -0.15) is 5.10 Å². The van der Waals surface area contributed by atoms with E-state index in [1.165, 1.54) is 0 Å². The number of H-pyrrole nitrogens is 1.